The highest BCUT2D eigenvalue weighted by Crippen LogP contribution is 2.19. The Morgan fingerprint density at radius 1 is 1.11 bits per heavy atom. The van der Waals surface area contributed by atoms with Gasteiger partial charge in [0.25, 0.3) is 0 Å². The Hall–Kier alpha value is -2.18. The van der Waals surface area contributed by atoms with Crippen molar-refractivity contribution in [2.75, 3.05) is 26.9 Å². The predicted molar refractivity (Wildman–Crippen MR) is 108 cm³/mol. The molecule has 2 aromatic carbocycles. The van der Waals surface area contributed by atoms with Crippen molar-refractivity contribution in [3.8, 4) is 0 Å². The number of rotatable bonds is 9. The van der Waals surface area contributed by atoms with E-state index in [4.69, 9.17) is 0 Å². The van der Waals surface area contributed by atoms with E-state index in [0.717, 1.165) is 10.5 Å². The summed E-state index contributed by atoms with van der Waals surface area (Å²) in [6.45, 7) is 0.353. The van der Waals surface area contributed by atoms with E-state index in [1.165, 1.54) is 12.1 Å². The van der Waals surface area contributed by atoms with Crippen molar-refractivity contribution >= 4 is 23.5 Å². The van der Waals surface area contributed by atoms with Crippen LogP contribution in [0.5, 0.6) is 0 Å². The van der Waals surface area contributed by atoms with Crippen LogP contribution < -0.4 is 5.32 Å². The van der Waals surface area contributed by atoms with Gasteiger partial charge < -0.3 is 10.2 Å². The second kappa shape index (κ2) is 10.2. The zero-order chi connectivity index (χ0) is 19.8. The molecule has 0 fully saturated rings. The molecular formula is C21H25FN2O2S. The summed E-state index contributed by atoms with van der Waals surface area (Å²) in [6.07, 6.45) is 2.27. The molecule has 0 spiro atoms. The monoisotopic (exact) mass is 388 g/mol. The highest BCUT2D eigenvalue weighted by molar-refractivity contribution is 7.98. The normalized spacial score (nSPS) is 12.0. The van der Waals surface area contributed by atoms with Crippen molar-refractivity contribution < 1.29 is 14.0 Å². The number of nitrogens with zero attached hydrogens (tertiary/aromatic N) is 1. The van der Waals surface area contributed by atoms with E-state index in [-0.39, 0.29) is 36.4 Å². The summed E-state index contributed by atoms with van der Waals surface area (Å²) >= 11 is 1.62. The number of nitrogens with one attached hydrogen (secondary N) is 1. The minimum Gasteiger partial charge on any atom is -0.354 e. The van der Waals surface area contributed by atoms with Crippen molar-refractivity contribution in [1.82, 2.24) is 10.2 Å². The Balaban J connectivity index is 1.85. The first-order valence-corrected chi connectivity index (χ1v) is 9.99. The van der Waals surface area contributed by atoms with Crippen LogP contribution >= 0.6 is 11.8 Å². The molecule has 0 saturated heterocycles. The van der Waals surface area contributed by atoms with Gasteiger partial charge in [-0.3, -0.25) is 9.59 Å². The van der Waals surface area contributed by atoms with Crippen LogP contribution in [-0.4, -0.2) is 43.5 Å². The van der Waals surface area contributed by atoms with Gasteiger partial charge in [0.1, 0.15) is 5.82 Å². The summed E-state index contributed by atoms with van der Waals surface area (Å²) in [5, 5.41) is 2.85. The molecule has 2 aromatic rings. The Morgan fingerprint density at radius 2 is 1.81 bits per heavy atom. The van der Waals surface area contributed by atoms with Gasteiger partial charge >= 0.3 is 0 Å². The first kappa shape index (κ1) is 21.1. The predicted octanol–water partition coefficient (Wildman–Crippen LogP) is 3.93. The fourth-order valence-corrected chi connectivity index (χ4v) is 3.17. The molecule has 0 radical (unpaired) electrons. The third-order valence-electron chi connectivity index (χ3n) is 4.34. The summed E-state index contributed by atoms with van der Waals surface area (Å²) in [4.78, 5) is 27.4. The van der Waals surface area contributed by atoms with Crippen molar-refractivity contribution in [1.29, 1.82) is 0 Å². The number of halogens is 1. The molecule has 0 aliphatic carbocycles. The Morgan fingerprint density at radius 3 is 2.41 bits per heavy atom. The van der Waals surface area contributed by atoms with Gasteiger partial charge in [0.15, 0.2) is 5.78 Å². The number of carbonyl (C=O) groups is 2. The van der Waals surface area contributed by atoms with Crippen LogP contribution in [0, 0.1) is 5.82 Å². The number of hydrogen-bond donors (Lipinski definition) is 1. The zero-order valence-electron chi connectivity index (χ0n) is 15.9. The number of Topliss-reactive ketones (excluding diaryl/α,β-unsaturated/α-hetero) is 1. The van der Waals surface area contributed by atoms with Gasteiger partial charge in [-0.25, -0.2) is 4.39 Å². The van der Waals surface area contributed by atoms with Crippen LogP contribution in [0.2, 0.25) is 0 Å². The number of ketones is 1. The SMILES string of the molecule is CSc1ccc(C(=O)CCC(=O)NCC(c2cccc(F)c2)N(C)C)cc1. The Labute approximate surface area is 164 Å². The molecule has 0 aromatic heterocycles. The number of thioether (sulfide) groups is 1. The lowest BCUT2D eigenvalue weighted by atomic mass is 10.0. The van der Waals surface area contributed by atoms with E-state index < -0.39 is 0 Å². The van der Waals surface area contributed by atoms with Gasteiger partial charge in [-0.1, -0.05) is 24.3 Å². The third-order valence-corrected chi connectivity index (χ3v) is 5.08. The lowest BCUT2D eigenvalue weighted by Gasteiger charge is -2.25. The molecule has 1 N–H and O–H groups in total. The van der Waals surface area contributed by atoms with Crippen LogP contribution in [0.1, 0.15) is 34.8 Å². The molecule has 27 heavy (non-hydrogen) atoms. The van der Waals surface area contributed by atoms with Gasteiger partial charge in [-0.2, -0.15) is 0 Å². The van der Waals surface area contributed by atoms with Crippen LogP contribution in [-0.2, 0) is 4.79 Å². The van der Waals surface area contributed by atoms with E-state index in [1.807, 2.05) is 43.5 Å². The molecule has 1 amide bonds. The van der Waals surface area contributed by atoms with E-state index in [0.29, 0.717) is 12.1 Å². The number of benzene rings is 2. The highest BCUT2D eigenvalue weighted by atomic mass is 32.2. The highest BCUT2D eigenvalue weighted by Gasteiger charge is 2.16. The fourth-order valence-electron chi connectivity index (χ4n) is 2.76. The van der Waals surface area contributed by atoms with E-state index in [1.54, 1.807) is 30.0 Å². The maximum absolute atomic E-state index is 13.5. The molecule has 0 bridgehead atoms. The molecule has 1 atom stereocenters. The molecule has 4 nitrogen and oxygen atoms in total. The topological polar surface area (TPSA) is 49.4 Å². The largest absolute Gasteiger partial charge is 0.354 e. The van der Waals surface area contributed by atoms with E-state index in [2.05, 4.69) is 5.32 Å². The van der Waals surface area contributed by atoms with Gasteiger partial charge in [-0.15, -0.1) is 11.8 Å². The molecule has 0 heterocycles. The molecule has 0 saturated carbocycles. The van der Waals surface area contributed by atoms with Crippen molar-refractivity contribution in [3.63, 3.8) is 0 Å². The maximum Gasteiger partial charge on any atom is 0.220 e. The lowest BCUT2D eigenvalue weighted by molar-refractivity contribution is -0.121. The Bertz CT molecular complexity index is 778. The van der Waals surface area contributed by atoms with Gasteiger partial charge in [0, 0.05) is 29.8 Å². The zero-order valence-corrected chi connectivity index (χ0v) is 16.7. The molecule has 0 aliphatic rings. The molecule has 0 aliphatic heterocycles. The molecule has 1 unspecified atom stereocenters. The Kier molecular flexibility index (Phi) is 8.00. The average Bonchev–Trinajstić information content (AvgIpc) is 2.66. The van der Waals surface area contributed by atoms with Gasteiger partial charge in [0.2, 0.25) is 5.91 Å². The number of amides is 1. The third kappa shape index (κ3) is 6.48. The second-order valence-electron chi connectivity index (χ2n) is 6.49. The quantitative estimate of drug-likeness (QED) is 0.522. The number of carbonyl (C=O) groups excluding carboxylic acids is 2. The van der Waals surface area contributed by atoms with Gasteiger partial charge in [0.05, 0.1) is 6.04 Å². The minimum atomic E-state index is -0.302. The maximum atomic E-state index is 13.5. The first-order valence-electron chi connectivity index (χ1n) is 8.76. The average molecular weight is 389 g/mol. The van der Waals surface area contributed by atoms with Crippen molar-refractivity contribution in [2.45, 2.75) is 23.8 Å². The smallest absolute Gasteiger partial charge is 0.220 e. The summed E-state index contributed by atoms with van der Waals surface area (Å²) in [5.41, 5.74) is 1.41. The molecule has 2 rings (SSSR count). The number of hydrogen-bond acceptors (Lipinski definition) is 4. The van der Waals surface area contributed by atoms with Crippen LogP contribution in [0.25, 0.3) is 0 Å². The summed E-state index contributed by atoms with van der Waals surface area (Å²) in [6, 6.07) is 13.6. The summed E-state index contributed by atoms with van der Waals surface area (Å²) in [5.74, 6) is -0.539. The van der Waals surface area contributed by atoms with E-state index in [9.17, 15) is 14.0 Å². The van der Waals surface area contributed by atoms with Crippen LogP contribution in [0.3, 0.4) is 0 Å². The van der Waals surface area contributed by atoms with Gasteiger partial charge in [-0.05, 0) is 50.2 Å². The van der Waals surface area contributed by atoms with Crippen molar-refractivity contribution in [2.24, 2.45) is 0 Å². The standard InChI is InChI=1S/C21H25FN2O2S/c1-24(2)19(16-5-4-6-17(22)13-16)14-23-21(26)12-11-20(25)15-7-9-18(27-3)10-8-15/h4-10,13,19H,11-12,14H2,1-3H3,(H,23,26). The molecule has 144 valence electrons. The lowest BCUT2D eigenvalue weighted by Crippen LogP contribution is -2.34. The minimum absolute atomic E-state index is 0.0490. The summed E-state index contributed by atoms with van der Waals surface area (Å²) < 4.78 is 13.5. The second-order valence-corrected chi connectivity index (χ2v) is 7.37. The molecule has 6 heteroatoms. The fraction of sp³-hybridized carbons (Fsp3) is 0.333. The van der Waals surface area contributed by atoms with Crippen LogP contribution in [0.4, 0.5) is 4.39 Å². The first-order chi connectivity index (χ1) is 12.9. The van der Waals surface area contributed by atoms with Crippen molar-refractivity contribution in [3.05, 3.63) is 65.5 Å². The number of likely N-dealkylation sites (N-methyl/N-ethyl adjacent to an activating group) is 1. The van der Waals surface area contributed by atoms with Crippen LogP contribution in [0.15, 0.2) is 53.4 Å². The molecular weight excluding hydrogens is 363 g/mol. The summed E-state index contributed by atoms with van der Waals surface area (Å²) in [7, 11) is 3.76. The van der Waals surface area contributed by atoms with E-state index >= 15 is 0 Å².